The van der Waals surface area contributed by atoms with E-state index >= 15 is 0 Å². The van der Waals surface area contributed by atoms with E-state index in [1.807, 2.05) is 31.7 Å². The van der Waals surface area contributed by atoms with Gasteiger partial charge in [0, 0.05) is 29.3 Å². The minimum Gasteiger partial charge on any atom is -0.477 e. The van der Waals surface area contributed by atoms with Crippen molar-refractivity contribution in [2.24, 2.45) is 17.3 Å². The molecule has 0 unspecified atom stereocenters. The van der Waals surface area contributed by atoms with Gasteiger partial charge in [0.25, 0.3) is 5.19 Å². The highest BCUT2D eigenvalue weighted by atomic mass is 32.1. The molecule has 228 valence electrons. The van der Waals surface area contributed by atoms with Crippen LogP contribution in [-0.4, -0.2) is 52.1 Å². The van der Waals surface area contributed by atoms with Crippen molar-refractivity contribution >= 4 is 40.2 Å². The summed E-state index contributed by atoms with van der Waals surface area (Å²) in [5, 5.41) is 13.0. The molecule has 7 nitrogen and oxygen atoms in total. The maximum absolute atomic E-state index is 14.2. The van der Waals surface area contributed by atoms with E-state index in [4.69, 9.17) is 9.72 Å². The van der Waals surface area contributed by atoms with Gasteiger partial charge in [0.15, 0.2) is 0 Å². The number of thiophene rings is 1. The van der Waals surface area contributed by atoms with Crippen LogP contribution in [0.1, 0.15) is 112 Å². The third-order valence-electron chi connectivity index (χ3n) is 8.72. The van der Waals surface area contributed by atoms with Gasteiger partial charge in [-0.3, -0.25) is 9.69 Å². The van der Waals surface area contributed by atoms with E-state index in [-0.39, 0.29) is 34.3 Å². The molecule has 42 heavy (non-hydrogen) atoms. The molecule has 3 fully saturated rings. The van der Waals surface area contributed by atoms with Gasteiger partial charge in [0.1, 0.15) is 11.0 Å². The first-order valence-corrected chi connectivity index (χ1v) is 17.3. The Morgan fingerprint density at radius 3 is 2.43 bits per heavy atom. The summed E-state index contributed by atoms with van der Waals surface area (Å²) >= 11 is 2.75. The summed E-state index contributed by atoms with van der Waals surface area (Å²) in [6.07, 6.45) is 9.53. The topological polar surface area (TPSA) is 83.0 Å². The number of aromatic nitrogens is 1. The van der Waals surface area contributed by atoms with Crippen LogP contribution >= 0.6 is 22.7 Å². The molecule has 0 spiro atoms. The third-order valence-corrected chi connectivity index (χ3v) is 10.5. The Balaban J connectivity index is 1.32. The molecule has 2 aromatic heterocycles. The minimum atomic E-state index is -1.00. The van der Waals surface area contributed by atoms with Gasteiger partial charge in [-0.25, -0.2) is 9.78 Å². The van der Waals surface area contributed by atoms with Crippen LogP contribution in [0.2, 0.25) is 0 Å². The Labute approximate surface area is 258 Å². The van der Waals surface area contributed by atoms with Crippen molar-refractivity contribution < 1.29 is 19.4 Å². The van der Waals surface area contributed by atoms with Crippen molar-refractivity contribution in [2.45, 2.75) is 111 Å². The number of carboxylic acid groups (broad SMARTS) is 1. The van der Waals surface area contributed by atoms with Gasteiger partial charge in [-0.15, -0.1) is 11.3 Å². The van der Waals surface area contributed by atoms with E-state index in [1.54, 1.807) is 11.3 Å². The molecule has 0 aromatic carbocycles. The summed E-state index contributed by atoms with van der Waals surface area (Å²) in [6.45, 7) is 11.5. The zero-order valence-electron chi connectivity index (χ0n) is 25.5. The van der Waals surface area contributed by atoms with Crippen LogP contribution in [0.3, 0.4) is 0 Å². The molecule has 2 aliphatic carbocycles. The SMILES string of the molecule is CC1CCC(C(=O)N(c2cc(C#CC(C)(C)C)sc2C(=O)O)C2CCC(Oc3nc(CN4CCCC4)cs3)CC2)CC1. The first kappa shape index (κ1) is 31.0. The van der Waals surface area contributed by atoms with Crippen LogP contribution in [-0.2, 0) is 11.3 Å². The van der Waals surface area contributed by atoms with Gasteiger partial charge in [-0.1, -0.05) is 30.1 Å². The number of rotatable bonds is 8. The van der Waals surface area contributed by atoms with Crippen LogP contribution in [0.15, 0.2) is 11.4 Å². The fraction of sp³-hybridized carbons (Fsp3) is 0.667. The largest absolute Gasteiger partial charge is 0.477 e. The normalized spacial score (nSPS) is 25.0. The van der Waals surface area contributed by atoms with Crippen LogP contribution in [0.5, 0.6) is 5.19 Å². The molecule has 0 atom stereocenters. The summed E-state index contributed by atoms with van der Waals surface area (Å²) in [4.78, 5) is 36.6. The van der Waals surface area contributed by atoms with Gasteiger partial charge in [-0.05, 0) is 110 Å². The Kier molecular flexibility index (Phi) is 9.96. The van der Waals surface area contributed by atoms with Crippen molar-refractivity contribution in [3.8, 4) is 17.0 Å². The fourth-order valence-electron chi connectivity index (χ4n) is 6.37. The Hall–Kier alpha value is -2.41. The average molecular weight is 612 g/mol. The van der Waals surface area contributed by atoms with E-state index in [0.29, 0.717) is 16.5 Å². The Morgan fingerprint density at radius 1 is 1.10 bits per heavy atom. The number of carbonyl (C=O) groups is 2. The number of hydrogen-bond acceptors (Lipinski definition) is 7. The number of hydrogen-bond donors (Lipinski definition) is 1. The lowest BCUT2D eigenvalue weighted by Gasteiger charge is -2.39. The monoisotopic (exact) mass is 611 g/mol. The summed E-state index contributed by atoms with van der Waals surface area (Å²) in [7, 11) is 0. The number of ether oxygens (including phenoxy) is 1. The zero-order valence-corrected chi connectivity index (χ0v) is 27.1. The number of likely N-dealkylation sites (tertiary alicyclic amines) is 1. The molecule has 1 amide bonds. The van der Waals surface area contributed by atoms with Crippen LogP contribution in [0.25, 0.3) is 0 Å². The first-order valence-electron chi connectivity index (χ1n) is 15.6. The van der Waals surface area contributed by atoms with E-state index < -0.39 is 5.97 Å². The van der Waals surface area contributed by atoms with Crippen molar-refractivity contribution in [1.82, 2.24) is 9.88 Å². The average Bonchev–Trinajstić information content (AvgIpc) is 3.71. The molecule has 1 saturated heterocycles. The lowest BCUT2D eigenvalue weighted by molar-refractivity contribution is -0.124. The first-order chi connectivity index (χ1) is 20.1. The quantitative estimate of drug-likeness (QED) is 0.312. The van der Waals surface area contributed by atoms with Crippen molar-refractivity contribution in [2.75, 3.05) is 18.0 Å². The summed E-state index contributed by atoms with van der Waals surface area (Å²) in [5.74, 6) is 6.05. The van der Waals surface area contributed by atoms with Crippen molar-refractivity contribution in [1.29, 1.82) is 0 Å². The number of carboxylic acids is 1. The van der Waals surface area contributed by atoms with Gasteiger partial charge in [0.05, 0.1) is 16.3 Å². The number of anilines is 1. The maximum Gasteiger partial charge on any atom is 0.348 e. The maximum atomic E-state index is 14.2. The molecule has 2 aromatic rings. The lowest BCUT2D eigenvalue weighted by Crippen LogP contribution is -2.47. The molecule has 1 N–H and O–H groups in total. The highest BCUT2D eigenvalue weighted by Gasteiger charge is 2.38. The molecule has 3 heterocycles. The van der Waals surface area contributed by atoms with Crippen LogP contribution in [0.4, 0.5) is 5.69 Å². The molecule has 1 aliphatic heterocycles. The molecule has 2 saturated carbocycles. The Bertz CT molecular complexity index is 1290. The minimum absolute atomic E-state index is 0.0501. The number of aromatic carboxylic acids is 1. The predicted octanol–water partition coefficient (Wildman–Crippen LogP) is 7.45. The summed E-state index contributed by atoms with van der Waals surface area (Å²) < 4.78 is 6.33. The van der Waals surface area contributed by atoms with Gasteiger partial charge < -0.3 is 14.7 Å². The van der Waals surface area contributed by atoms with Crippen molar-refractivity contribution in [3.05, 3.63) is 26.9 Å². The van der Waals surface area contributed by atoms with E-state index in [0.717, 1.165) is 81.9 Å². The number of nitrogens with zero attached hydrogens (tertiary/aromatic N) is 3. The molecule has 5 rings (SSSR count). The second kappa shape index (κ2) is 13.5. The lowest BCUT2D eigenvalue weighted by atomic mass is 9.81. The van der Waals surface area contributed by atoms with Crippen LogP contribution < -0.4 is 9.64 Å². The molecular formula is C33H45N3O4S2. The van der Waals surface area contributed by atoms with Gasteiger partial charge in [-0.2, -0.15) is 0 Å². The predicted molar refractivity (Wildman–Crippen MR) is 170 cm³/mol. The standard InChI is InChI=1S/C33H45N3O4S2/c1-22-7-9-23(10-8-22)30(37)36(28-19-27(15-16-33(2,3)4)42-29(28)31(38)39)25-11-13-26(14-12-25)40-32-34-24(21-41-32)20-35-17-5-6-18-35/h19,21-23,25-26H,5-14,17-18,20H2,1-4H3,(H,38,39). The van der Waals surface area contributed by atoms with Crippen LogP contribution in [0, 0.1) is 29.1 Å². The van der Waals surface area contributed by atoms with Crippen molar-refractivity contribution in [3.63, 3.8) is 0 Å². The van der Waals surface area contributed by atoms with E-state index in [2.05, 4.69) is 29.0 Å². The molecular weight excluding hydrogens is 567 g/mol. The molecule has 3 aliphatic rings. The smallest absolute Gasteiger partial charge is 0.348 e. The fourth-order valence-corrected chi connectivity index (χ4v) is 7.94. The van der Waals surface area contributed by atoms with E-state index in [1.165, 1.54) is 24.2 Å². The Morgan fingerprint density at radius 2 is 1.79 bits per heavy atom. The molecule has 9 heteroatoms. The van der Waals surface area contributed by atoms with E-state index in [9.17, 15) is 14.7 Å². The highest BCUT2D eigenvalue weighted by molar-refractivity contribution is 7.15. The number of amides is 1. The second-order valence-electron chi connectivity index (χ2n) is 13.4. The highest BCUT2D eigenvalue weighted by Crippen LogP contribution is 2.39. The number of carbonyl (C=O) groups excluding carboxylic acids is 1. The summed E-state index contributed by atoms with van der Waals surface area (Å²) in [6, 6.07) is 1.78. The summed E-state index contributed by atoms with van der Waals surface area (Å²) in [5.41, 5.74) is 1.39. The molecule has 0 bridgehead atoms. The number of thiazole rings is 1. The molecule has 0 radical (unpaired) electrons. The zero-order chi connectivity index (χ0) is 29.9. The third kappa shape index (κ3) is 7.94. The van der Waals surface area contributed by atoms with Gasteiger partial charge >= 0.3 is 5.97 Å². The second-order valence-corrected chi connectivity index (χ2v) is 15.3. The van der Waals surface area contributed by atoms with Gasteiger partial charge in [0.2, 0.25) is 5.91 Å².